The Hall–Kier alpha value is -2.37. The van der Waals surface area contributed by atoms with E-state index >= 15 is 0 Å². The molecule has 2 aromatic carbocycles. The van der Waals surface area contributed by atoms with Crippen molar-refractivity contribution in [2.75, 3.05) is 6.54 Å². The predicted octanol–water partition coefficient (Wildman–Crippen LogP) is 5.47. The summed E-state index contributed by atoms with van der Waals surface area (Å²) in [5, 5.41) is 8.28. The molecule has 0 saturated carbocycles. The molecule has 0 bridgehead atoms. The molecule has 160 valence electrons. The van der Waals surface area contributed by atoms with Gasteiger partial charge in [-0.1, -0.05) is 35.3 Å². The Morgan fingerprint density at radius 1 is 1.10 bits per heavy atom. The minimum Gasteiger partial charge on any atom is -0.339 e. The van der Waals surface area contributed by atoms with Crippen LogP contribution in [-0.2, 0) is 24.1 Å². The topological polar surface area (TPSA) is 49.0 Å². The normalized spacial score (nSPS) is 20.9. The molecule has 1 saturated heterocycles. The van der Waals surface area contributed by atoms with Gasteiger partial charge in [0.2, 0.25) is 5.91 Å². The number of aryl methyl sites for hydroxylation is 1. The fourth-order valence-electron chi connectivity index (χ4n) is 4.82. The van der Waals surface area contributed by atoms with Gasteiger partial charge in [-0.3, -0.25) is 9.89 Å². The molecule has 1 N–H and O–H groups in total. The van der Waals surface area contributed by atoms with Gasteiger partial charge in [0.15, 0.2) is 0 Å². The van der Waals surface area contributed by atoms with Crippen molar-refractivity contribution in [3.8, 4) is 11.1 Å². The van der Waals surface area contributed by atoms with E-state index in [0.29, 0.717) is 16.5 Å². The van der Waals surface area contributed by atoms with Crippen LogP contribution in [0.1, 0.15) is 29.7 Å². The second kappa shape index (κ2) is 8.29. The number of carbonyl (C=O) groups is 1. The first-order valence-corrected chi connectivity index (χ1v) is 11.3. The highest BCUT2D eigenvalue weighted by Gasteiger charge is 2.37. The molecule has 1 amide bonds. The maximum absolute atomic E-state index is 13.2. The Labute approximate surface area is 190 Å². The van der Waals surface area contributed by atoms with Crippen molar-refractivity contribution in [1.82, 2.24) is 15.1 Å². The maximum Gasteiger partial charge on any atom is 0.226 e. The number of aromatic amines is 1. The number of nitrogens with zero attached hydrogens (tertiary/aromatic N) is 2. The summed E-state index contributed by atoms with van der Waals surface area (Å²) < 4.78 is 13.2. The number of hydrogen-bond acceptors (Lipinski definition) is 2. The van der Waals surface area contributed by atoms with Gasteiger partial charge in [0, 0.05) is 40.7 Å². The second-order valence-electron chi connectivity index (χ2n) is 8.42. The SMILES string of the molecule is O=C1C(Cc2c(Cl)cc(-c3ccc(F)cc3)cc2Cl)CCN1C1CCc2cn[nH]c2C1. The van der Waals surface area contributed by atoms with Gasteiger partial charge in [0.25, 0.3) is 0 Å². The molecule has 2 aliphatic rings. The van der Waals surface area contributed by atoms with E-state index in [-0.39, 0.29) is 23.7 Å². The highest BCUT2D eigenvalue weighted by Crippen LogP contribution is 2.36. The summed E-state index contributed by atoms with van der Waals surface area (Å²) in [5.41, 5.74) is 4.88. The monoisotopic (exact) mass is 457 g/mol. The number of halogens is 3. The van der Waals surface area contributed by atoms with Gasteiger partial charge in [-0.05, 0) is 72.2 Å². The third-order valence-corrected chi connectivity index (χ3v) is 7.23. The van der Waals surface area contributed by atoms with Gasteiger partial charge in [-0.25, -0.2) is 4.39 Å². The van der Waals surface area contributed by atoms with Crippen molar-refractivity contribution in [1.29, 1.82) is 0 Å². The van der Waals surface area contributed by atoms with Crippen molar-refractivity contribution in [3.63, 3.8) is 0 Å². The van der Waals surface area contributed by atoms with E-state index < -0.39 is 0 Å². The standard InChI is InChI=1S/C24H22Cl2FN3O/c25-21-10-17(14-1-4-18(27)5-2-14)11-22(26)20(21)9-15-7-8-30(24(15)31)19-6-3-16-13-28-29-23(16)12-19/h1-2,4-5,10-11,13,15,19H,3,6-9,12H2,(H,28,29). The average Bonchev–Trinajstić information content (AvgIpc) is 3.37. The van der Waals surface area contributed by atoms with Crippen LogP contribution in [0.4, 0.5) is 4.39 Å². The van der Waals surface area contributed by atoms with Crippen LogP contribution in [-0.4, -0.2) is 33.6 Å². The third-order valence-electron chi connectivity index (χ3n) is 6.55. The first-order chi connectivity index (χ1) is 15.0. The molecule has 2 heterocycles. The lowest BCUT2D eigenvalue weighted by atomic mass is 9.92. The molecule has 5 rings (SSSR count). The first kappa shape index (κ1) is 20.5. The molecule has 0 spiro atoms. The Morgan fingerprint density at radius 3 is 2.58 bits per heavy atom. The molecule has 1 aromatic heterocycles. The van der Waals surface area contributed by atoms with Crippen molar-refractivity contribution in [2.24, 2.45) is 5.92 Å². The van der Waals surface area contributed by atoms with E-state index in [0.717, 1.165) is 54.6 Å². The highest BCUT2D eigenvalue weighted by atomic mass is 35.5. The number of rotatable bonds is 4. The second-order valence-corrected chi connectivity index (χ2v) is 9.23. The minimum absolute atomic E-state index is 0.116. The molecule has 31 heavy (non-hydrogen) atoms. The van der Waals surface area contributed by atoms with Gasteiger partial charge >= 0.3 is 0 Å². The molecular weight excluding hydrogens is 436 g/mol. The maximum atomic E-state index is 13.2. The fraction of sp³-hybridized carbons (Fsp3) is 0.333. The zero-order valence-corrected chi connectivity index (χ0v) is 18.4. The molecule has 4 nitrogen and oxygen atoms in total. The number of likely N-dealkylation sites (tertiary alicyclic amines) is 1. The zero-order valence-electron chi connectivity index (χ0n) is 16.9. The van der Waals surface area contributed by atoms with Gasteiger partial charge in [0.05, 0.1) is 6.20 Å². The van der Waals surface area contributed by atoms with Crippen LogP contribution < -0.4 is 0 Å². The number of benzene rings is 2. The minimum atomic E-state index is -0.288. The molecule has 2 unspecified atom stereocenters. The Kier molecular flexibility index (Phi) is 5.49. The van der Waals surface area contributed by atoms with E-state index in [9.17, 15) is 9.18 Å². The van der Waals surface area contributed by atoms with Crippen LogP contribution >= 0.6 is 23.2 Å². The summed E-state index contributed by atoms with van der Waals surface area (Å²) in [4.78, 5) is 15.2. The number of carbonyl (C=O) groups excluding carboxylic acids is 1. The summed E-state index contributed by atoms with van der Waals surface area (Å²) in [6.45, 7) is 0.764. The van der Waals surface area contributed by atoms with Crippen molar-refractivity contribution < 1.29 is 9.18 Å². The number of fused-ring (bicyclic) bond motifs is 1. The van der Waals surface area contributed by atoms with E-state index in [2.05, 4.69) is 10.2 Å². The fourth-order valence-corrected chi connectivity index (χ4v) is 5.47. The van der Waals surface area contributed by atoms with Crippen LogP contribution in [0.15, 0.2) is 42.6 Å². The van der Waals surface area contributed by atoms with E-state index in [4.69, 9.17) is 23.2 Å². The molecule has 1 aliphatic heterocycles. The van der Waals surface area contributed by atoms with Crippen molar-refractivity contribution in [2.45, 2.75) is 38.1 Å². The molecule has 1 fully saturated rings. The van der Waals surface area contributed by atoms with Crippen LogP contribution in [0.25, 0.3) is 11.1 Å². The number of H-pyrrole nitrogens is 1. The molecule has 3 aromatic rings. The van der Waals surface area contributed by atoms with Crippen molar-refractivity contribution in [3.05, 3.63) is 75.3 Å². The summed E-state index contributed by atoms with van der Waals surface area (Å²) in [6.07, 6.45) is 5.98. The number of aromatic nitrogens is 2. The van der Waals surface area contributed by atoms with Crippen LogP contribution in [0.3, 0.4) is 0 Å². The quantitative estimate of drug-likeness (QED) is 0.564. The lowest BCUT2D eigenvalue weighted by Crippen LogP contribution is -2.41. The van der Waals surface area contributed by atoms with Gasteiger partial charge in [0.1, 0.15) is 5.82 Å². The number of nitrogens with one attached hydrogen (secondary N) is 1. The highest BCUT2D eigenvalue weighted by molar-refractivity contribution is 6.36. The first-order valence-electron chi connectivity index (χ1n) is 10.5. The van der Waals surface area contributed by atoms with Crippen molar-refractivity contribution >= 4 is 29.1 Å². The summed E-state index contributed by atoms with van der Waals surface area (Å²) >= 11 is 13.2. The lowest BCUT2D eigenvalue weighted by Gasteiger charge is -2.31. The molecule has 1 aliphatic carbocycles. The molecular formula is C24H22Cl2FN3O. The van der Waals surface area contributed by atoms with Crippen LogP contribution in [0, 0.1) is 11.7 Å². The van der Waals surface area contributed by atoms with E-state index in [1.54, 1.807) is 12.1 Å². The van der Waals surface area contributed by atoms with Crippen LogP contribution in [0.5, 0.6) is 0 Å². The van der Waals surface area contributed by atoms with Gasteiger partial charge in [-0.15, -0.1) is 0 Å². The van der Waals surface area contributed by atoms with E-state index in [1.807, 2.05) is 23.2 Å². The summed E-state index contributed by atoms with van der Waals surface area (Å²) in [5.74, 6) is -0.221. The zero-order chi connectivity index (χ0) is 21.5. The predicted molar refractivity (Wildman–Crippen MR) is 120 cm³/mol. The average molecular weight is 458 g/mol. The Balaban J connectivity index is 1.31. The molecule has 7 heteroatoms. The smallest absolute Gasteiger partial charge is 0.226 e. The summed E-state index contributed by atoms with van der Waals surface area (Å²) in [6, 6.07) is 10.1. The molecule has 2 atom stereocenters. The van der Waals surface area contributed by atoms with Gasteiger partial charge in [-0.2, -0.15) is 5.10 Å². The summed E-state index contributed by atoms with van der Waals surface area (Å²) in [7, 11) is 0. The Bertz CT molecular complexity index is 1110. The Morgan fingerprint density at radius 2 is 1.84 bits per heavy atom. The van der Waals surface area contributed by atoms with Crippen LogP contribution in [0.2, 0.25) is 10.0 Å². The number of hydrogen-bond donors (Lipinski definition) is 1. The van der Waals surface area contributed by atoms with Gasteiger partial charge < -0.3 is 4.90 Å². The molecule has 0 radical (unpaired) electrons. The van der Waals surface area contributed by atoms with E-state index in [1.165, 1.54) is 17.7 Å². The number of amides is 1. The third kappa shape index (κ3) is 3.97. The lowest BCUT2D eigenvalue weighted by molar-refractivity contribution is -0.133. The largest absolute Gasteiger partial charge is 0.339 e.